The second-order valence-corrected chi connectivity index (χ2v) is 1.57. The van der Waals surface area contributed by atoms with Crippen LogP contribution in [-0.4, -0.2) is 4.66 Å². The Kier molecular flexibility index (Phi) is 0.407. The van der Waals surface area contributed by atoms with Crippen molar-refractivity contribution in [2.75, 3.05) is 0 Å². The zero-order valence-corrected chi connectivity index (χ0v) is 2.81. The van der Waals surface area contributed by atoms with E-state index in [-0.39, 0.29) is 0 Å². The van der Waals surface area contributed by atoms with Crippen molar-refractivity contribution in [1.29, 1.82) is 0 Å². The van der Waals surface area contributed by atoms with Crippen LogP contribution in [-0.2, 0) is 8.88 Å². The van der Waals surface area contributed by atoms with Crippen LogP contribution in [0, 0.1) is 10.2 Å². The van der Waals surface area contributed by atoms with Crippen LogP contribution < -0.4 is 4.66 Å². The van der Waals surface area contributed by atoms with Crippen LogP contribution in [0.3, 0.4) is 0 Å². The Morgan fingerprint density at radius 2 is 1.80 bits per heavy atom. The van der Waals surface area contributed by atoms with Gasteiger partial charge in [0.15, 0.2) is 0 Å². The van der Waals surface area contributed by atoms with Gasteiger partial charge in [0.25, 0.3) is 0 Å². The third kappa shape index (κ3) is 0.712. The number of hydrogen-bond donors (Lipinski definition) is 1. The van der Waals surface area contributed by atoms with Gasteiger partial charge in [0, 0.05) is 0 Å². The van der Waals surface area contributed by atoms with Crippen molar-refractivity contribution in [3.05, 3.63) is 0 Å². The third-order valence-corrected chi connectivity index (χ3v) is 0.512. The Hall–Kier alpha value is 0.130. The molecule has 5 heavy (non-hydrogen) atoms. The van der Waals surface area contributed by atoms with Crippen molar-refractivity contribution in [1.82, 2.24) is 0 Å². The van der Waals surface area contributed by atoms with Gasteiger partial charge in [0.1, 0.15) is 0 Å². The van der Waals surface area contributed by atoms with Crippen LogP contribution in [0.25, 0.3) is 0 Å². The van der Waals surface area contributed by atoms with E-state index >= 15 is 0 Å². The molecule has 1 aliphatic rings. The van der Waals surface area contributed by atoms with Gasteiger partial charge in [-0.3, -0.25) is 0 Å². The molecule has 0 bridgehead atoms. The van der Waals surface area contributed by atoms with Crippen LogP contribution in [0.2, 0.25) is 0 Å². The summed E-state index contributed by atoms with van der Waals surface area (Å²) in [5, 5.41) is 0. The first kappa shape index (κ1) is 3.32. The number of hydrogen-bond acceptors (Lipinski definition) is 4. The molecule has 0 aromatic carbocycles. The molecule has 0 unspecified atom stereocenters. The molecule has 1 rings (SSSR count). The average Bonchev–Trinajstić information content (AvgIpc) is 1.76. The summed E-state index contributed by atoms with van der Waals surface area (Å²) in [7, 11) is -2.94. The molecule has 0 atom stereocenters. The van der Waals surface area contributed by atoms with E-state index in [1.54, 1.807) is 0 Å². The van der Waals surface area contributed by atoms with E-state index in [2.05, 4.69) is 8.88 Å². The molecule has 0 aromatic heterocycles. The molecular weight excluding hydrogens is 99.4 g/mol. The monoisotopic (exact) mass is 100.0 g/mol. The molecule has 1 N–H and O–H groups in total. The molecule has 1 aliphatic heterocycles. The SMILES string of the molecule is [O-][Cl+]1(O)OO1. The second kappa shape index (κ2) is 0.612. The van der Waals surface area contributed by atoms with E-state index in [1.165, 1.54) is 0 Å². The fraction of sp³-hybridized carbons (Fsp3) is 0. The van der Waals surface area contributed by atoms with Crippen molar-refractivity contribution in [3.8, 4) is 0 Å². The maximum absolute atomic E-state index is 9.38. The van der Waals surface area contributed by atoms with Crippen LogP contribution in [0.5, 0.6) is 0 Å². The summed E-state index contributed by atoms with van der Waals surface area (Å²) in [4.78, 5) is 0. The van der Waals surface area contributed by atoms with E-state index in [0.29, 0.717) is 0 Å². The molecule has 0 amide bonds. The van der Waals surface area contributed by atoms with Crippen molar-refractivity contribution in [2.24, 2.45) is 0 Å². The molecule has 0 aromatic rings. The van der Waals surface area contributed by atoms with Gasteiger partial charge in [-0.2, -0.15) is 0 Å². The van der Waals surface area contributed by atoms with Crippen molar-refractivity contribution in [3.63, 3.8) is 0 Å². The summed E-state index contributed by atoms with van der Waals surface area (Å²) < 4.78 is 24.0. The van der Waals surface area contributed by atoms with E-state index < -0.39 is 10.2 Å². The Balaban J connectivity index is 2.38. The molecule has 0 saturated carbocycles. The van der Waals surface area contributed by atoms with Gasteiger partial charge in [-0.15, -0.1) is 0 Å². The van der Waals surface area contributed by atoms with E-state index in [9.17, 15) is 4.66 Å². The number of rotatable bonds is 0. The summed E-state index contributed by atoms with van der Waals surface area (Å²) in [6, 6.07) is 0. The first-order valence-corrected chi connectivity index (χ1v) is 2.06. The molecule has 0 spiro atoms. The second-order valence-electron chi connectivity index (χ2n) is 0.522. The summed E-state index contributed by atoms with van der Waals surface area (Å²) in [5.74, 6) is 0. The molecule has 1 saturated heterocycles. The van der Waals surface area contributed by atoms with Crippen molar-refractivity contribution in [2.45, 2.75) is 0 Å². The van der Waals surface area contributed by atoms with Gasteiger partial charge < -0.3 is 0 Å². The van der Waals surface area contributed by atoms with E-state index in [1.807, 2.05) is 0 Å². The van der Waals surface area contributed by atoms with Gasteiger partial charge >= 0.3 is 28.4 Å². The minimum atomic E-state index is -2.94. The zero-order valence-electron chi connectivity index (χ0n) is 2.05. The summed E-state index contributed by atoms with van der Waals surface area (Å²) >= 11 is 0. The van der Waals surface area contributed by atoms with Crippen LogP contribution in [0.15, 0.2) is 0 Å². The Morgan fingerprint density at radius 1 is 1.60 bits per heavy atom. The van der Waals surface area contributed by atoms with Gasteiger partial charge in [-0.05, 0) is 0 Å². The predicted octanol–water partition coefficient (Wildman–Crippen LogP) is -1.88. The Morgan fingerprint density at radius 3 is 1.80 bits per heavy atom. The maximum atomic E-state index is 9.38. The summed E-state index contributed by atoms with van der Waals surface area (Å²) in [6.45, 7) is 0. The normalized spacial score (nSPS) is 36.4. The average molecular weight is 100 g/mol. The van der Waals surface area contributed by atoms with Crippen LogP contribution in [0.4, 0.5) is 0 Å². The Labute approximate surface area is 29.6 Å². The van der Waals surface area contributed by atoms with Crippen LogP contribution in [0.1, 0.15) is 0 Å². The van der Waals surface area contributed by atoms with Crippen molar-refractivity contribution >= 4 is 0 Å². The minimum absolute atomic E-state index is 2.94. The topological polar surface area (TPSA) is 68.3 Å². The summed E-state index contributed by atoms with van der Waals surface area (Å²) in [5.41, 5.74) is 0. The predicted molar refractivity (Wildman–Crippen MR) is 4.39 cm³/mol. The molecule has 0 aliphatic carbocycles. The van der Waals surface area contributed by atoms with Crippen LogP contribution >= 0.6 is 0 Å². The molecule has 1 heterocycles. The van der Waals surface area contributed by atoms with E-state index in [0.717, 1.165) is 0 Å². The standard InChI is InChI=1S/ClHO4/c2-1(3)4-5-1/h2H. The van der Waals surface area contributed by atoms with Gasteiger partial charge in [-0.1, -0.05) is 0 Å². The molecule has 0 radical (unpaired) electrons. The van der Waals surface area contributed by atoms with Gasteiger partial charge in [0.2, 0.25) is 0 Å². The summed E-state index contributed by atoms with van der Waals surface area (Å²) in [6.07, 6.45) is 0. The fourth-order valence-corrected chi connectivity index (χ4v) is 0.183. The van der Waals surface area contributed by atoms with Gasteiger partial charge in [-0.25, -0.2) is 0 Å². The molecule has 4 nitrogen and oxygen atoms in total. The molecular formula is HClO4. The zero-order chi connectivity index (χ0) is 3.91. The quantitative estimate of drug-likeness (QED) is 0.286. The van der Waals surface area contributed by atoms with Gasteiger partial charge in [0.05, 0.1) is 0 Å². The Bertz CT molecular complexity index is 41.6. The fourth-order valence-electron chi connectivity index (χ4n) is 0.0204. The molecule has 32 valence electrons. The first-order chi connectivity index (χ1) is 2.21. The van der Waals surface area contributed by atoms with Crippen molar-refractivity contribution < 1.29 is 28.4 Å². The number of halogens is 1. The van der Waals surface area contributed by atoms with E-state index in [4.69, 9.17) is 4.66 Å². The third-order valence-electron chi connectivity index (χ3n) is 0.171. The molecule has 5 heteroatoms. The molecule has 1 fully saturated rings. The first-order valence-electron chi connectivity index (χ1n) is 0.799.